The molecule has 160 valence electrons. The SMILES string of the molecule is CC(CCC#Cc1ccc(C(F)(F)F)cc1)N(Cc1ccccc1)Cc1ccccc1. The second-order valence-corrected chi connectivity index (χ2v) is 7.64. The van der Waals surface area contributed by atoms with Gasteiger partial charge in [0, 0.05) is 31.1 Å². The molecule has 0 fully saturated rings. The van der Waals surface area contributed by atoms with E-state index in [0.717, 1.165) is 31.6 Å². The maximum atomic E-state index is 12.7. The van der Waals surface area contributed by atoms with Crippen LogP contribution < -0.4 is 0 Å². The number of benzene rings is 3. The Bertz CT molecular complexity index is 942. The van der Waals surface area contributed by atoms with Gasteiger partial charge in [0.15, 0.2) is 0 Å². The fraction of sp³-hybridized carbons (Fsp3) is 0.259. The van der Waals surface area contributed by atoms with Crippen molar-refractivity contribution in [3.8, 4) is 11.8 Å². The van der Waals surface area contributed by atoms with Gasteiger partial charge < -0.3 is 0 Å². The van der Waals surface area contributed by atoms with E-state index in [1.165, 1.54) is 23.3 Å². The molecule has 0 radical (unpaired) electrons. The van der Waals surface area contributed by atoms with E-state index in [4.69, 9.17) is 0 Å². The van der Waals surface area contributed by atoms with Crippen LogP contribution in [0.1, 0.15) is 42.0 Å². The molecule has 0 aliphatic carbocycles. The molecule has 4 heteroatoms. The van der Waals surface area contributed by atoms with Gasteiger partial charge in [0.2, 0.25) is 0 Å². The molecule has 0 saturated heterocycles. The average Bonchev–Trinajstić information content (AvgIpc) is 2.77. The topological polar surface area (TPSA) is 3.24 Å². The van der Waals surface area contributed by atoms with Crippen molar-refractivity contribution in [2.24, 2.45) is 0 Å². The third-order valence-corrected chi connectivity index (χ3v) is 5.21. The second kappa shape index (κ2) is 10.8. The molecule has 0 saturated carbocycles. The Labute approximate surface area is 182 Å². The summed E-state index contributed by atoms with van der Waals surface area (Å²) < 4.78 is 38.0. The zero-order valence-corrected chi connectivity index (χ0v) is 17.6. The van der Waals surface area contributed by atoms with Crippen LogP contribution in [0.25, 0.3) is 0 Å². The summed E-state index contributed by atoms with van der Waals surface area (Å²) in [7, 11) is 0. The quantitative estimate of drug-likeness (QED) is 0.374. The zero-order chi connectivity index (χ0) is 22.1. The van der Waals surface area contributed by atoms with Crippen molar-refractivity contribution in [1.29, 1.82) is 0 Å². The second-order valence-electron chi connectivity index (χ2n) is 7.64. The van der Waals surface area contributed by atoms with Gasteiger partial charge in [-0.1, -0.05) is 72.5 Å². The Morgan fingerprint density at radius 1 is 0.774 bits per heavy atom. The third kappa shape index (κ3) is 7.31. The lowest BCUT2D eigenvalue weighted by Crippen LogP contribution is -2.32. The van der Waals surface area contributed by atoms with Gasteiger partial charge in [-0.3, -0.25) is 4.90 Å². The molecule has 0 bridgehead atoms. The van der Waals surface area contributed by atoms with Gasteiger partial charge in [0.05, 0.1) is 5.56 Å². The van der Waals surface area contributed by atoms with E-state index in [9.17, 15) is 13.2 Å². The van der Waals surface area contributed by atoms with Crippen LogP contribution >= 0.6 is 0 Å². The third-order valence-electron chi connectivity index (χ3n) is 5.21. The summed E-state index contributed by atoms with van der Waals surface area (Å²) in [4.78, 5) is 2.43. The van der Waals surface area contributed by atoms with E-state index in [2.05, 4.69) is 72.2 Å². The van der Waals surface area contributed by atoms with Crippen LogP contribution in [0.5, 0.6) is 0 Å². The normalized spacial score (nSPS) is 12.3. The van der Waals surface area contributed by atoms with E-state index in [1.54, 1.807) is 0 Å². The van der Waals surface area contributed by atoms with Gasteiger partial charge in [-0.05, 0) is 48.7 Å². The zero-order valence-electron chi connectivity index (χ0n) is 17.6. The first-order valence-electron chi connectivity index (χ1n) is 10.4. The predicted octanol–water partition coefficient (Wildman–Crippen LogP) is 6.93. The summed E-state index contributed by atoms with van der Waals surface area (Å²) in [6.45, 7) is 3.90. The van der Waals surface area contributed by atoms with E-state index >= 15 is 0 Å². The van der Waals surface area contributed by atoms with Crippen molar-refractivity contribution in [1.82, 2.24) is 4.90 Å². The maximum Gasteiger partial charge on any atom is 0.416 e. The Morgan fingerprint density at radius 2 is 1.29 bits per heavy atom. The van der Waals surface area contributed by atoms with Gasteiger partial charge in [0.25, 0.3) is 0 Å². The first-order chi connectivity index (χ1) is 14.9. The monoisotopic (exact) mass is 421 g/mol. The number of alkyl halides is 3. The van der Waals surface area contributed by atoms with Crippen molar-refractivity contribution in [3.05, 3.63) is 107 Å². The van der Waals surface area contributed by atoms with Gasteiger partial charge in [-0.25, -0.2) is 0 Å². The standard InChI is InChI=1S/C27H26F3N/c1-22(10-8-9-11-23-16-18-26(19-17-23)27(28,29)30)31(20-24-12-4-2-5-13-24)21-25-14-6-3-7-15-25/h2-7,12-19,22H,8,10,20-21H2,1H3. The molecule has 3 aromatic carbocycles. The highest BCUT2D eigenvalue weighted by atomic mass is 19.4. The highest BCUT2D eigenvalue weighted by Crippen LogP contribution is 2.29. The summed E-state index contributed by atoms with van der Waals surface area (Å²) in [6.07, 6.45) is -2.75. The lowest BCUT2D eigenvalue weighted by Gasteiger charge is -2.29. The number of nitrogens with zero attached hydrogens (tertiary/aromatic N) is 1. The first kappa shape index (κ1) is 22.7. The Morgan fingerprint density at radius 3 is 1.77 bits per heavy atom. The highest BCUT2D eigenvalue weighted by Gasteiger charge is 2.29. The summed E-state index contributed by atoms with van der Waals surface area (Å²) in [5, 5.41) is 0. The highest BCUT2D eigenvalue weighted by molar-refractivity contribution is 5.36. The molecule has 1 atom stereocenters. The smallest absolute Gasteiger partial charge is 0.292 e. The predicted molar refractivity (Wildman–Crippen MR) is 119 cm³/mol. The largest absolute Gasteiger partial charge is 0.416 e. The van der Waals surface area contributed by atoms with E-state index < -0.39 is 11.7 Å². The molecule has 3 rings (SSSR count). The van der Waals surface area contributed by atoms with Crippen LogP contribution in [0.3, 0.4) is 0 Å². The Kier molecular flexibility index (Phi) is 7.92. The van der Waals surface area contributed by atoms with Crippen molar-refractivity contribution >= 4 is 0 Å². The van der Waals surface area contributed by atoms with Gasteiger partial charge >= 0.3 is 6.18 Å². The van der Waals surface area contributed by atoms with Crippen LogP contribution in [0.15, 0.2) is 84.9 Å². The van der Waals surface area contributed by atoms with Gasteiger partial charge in [-0.15, -0.1) is 0 Å². The van der Waals surface area contributed by atoms with Crippen LogP contribution in [-0.2, 0) is 19.3 Å². The van der Waals surface area contributed by atoms with Crippen LogP contribution in [0, 0.1) is 11.8 Å². The Balaban J connectivity index is 1.61. The molecular formula is C27H26F3N. The van der Waals surface area contributed by atoms with Crippen LogP contribution in [0.4, 0.5) is 13.2 Å². The lowest BCUT2D eigenvalue weighted by molar-refractivity contribution is -0.137. The fourth-order valence-electron chi connectivity index (χ4n) is 3.37. The van der Waals surface area contributed by atoms with Gasteiger partial charge in [0.1, 0.15) is 0 Å². The summed E-state index contributed by atoms with van der Waals surface area (Å²) in [5.74, 6) is 6.10. The number of hydrogen-bond acceptors (Lipinski definition) is 1. The van der Waals surface area contributed by atoms with Crippen molar-refractivity contribution in [2.75, 3.05) is 0 Å². The van der Waals surface area contributed by atoms with Crippen molar-refractivity contribution < 1.29 is 13.2 Å². The number of halogens is 3. The minimum Gasteiger partial charge on any atom is -0.292 e. The lowest BCUT2D eigenvalue weighted by atomic mass is 10.1. The molecule has 0 aliphatic heterocycles. The summed E-state index contributed by atoms with van der Waals surface area (Å²) >= 11 is 0. The molecule has 0 amide bonds. The van der Waals surface area contributed by atoms with Crippen LogP contribution in [-0.4, -0.2) is 10.9 Å². The number of rotatable bonds is 7. The molecule has 0 aliphatic rings. The minimum atomic E-state index is -4.32. The first-order valence-corrected chi connectivity index (χ1v) is 10.4. The maximum absolute atomic E-state index is 12.7. The molecular weight excluding hydrogens is 395 g/mol. The fourth-order valence-corrected chi connectivity index (χ4v) is 3.37. The molecule has 1 nitrogen and oxygen atoms in total. The molecule has 1 unspecified atom stereocenters. The van der Waals surface area contributed by atoms with Crippen molar-refractivity contribution in [3.63, 3.8) is 0 Å². The Hall–Kier alpha value is -3.03. The minimum absolute atomic E-state index is 0.308. The van der Waals surface area contributed by atoms with Crippen molar-refractivity contribution in [2.45, 2.75) is 45.1 Å². The van der Waals surface area contributed by atoms with Gasteiger partial charge in [-0.2, -0.15) is 13.2 Å². The van der Waals surface area contributed by atoms with Crippen LogP contribution in [0.2, 0.25) is 0 Å². The van der Waals surface area contributed by atoms with E-state index in [1.807, 2.05) is 12.1 Å². The number of hydrogen-bond donors (Lipinski definition) is 0. The summed E-state index contributed by atoms with van der Waals surface area (Å²) in [6, 6.07) is 26.1. The molecule has 3 aromatic rings. The van der Waals surface area contributed by atoms with E-state index in [-0.39, 0.29) is 0 Å². The molecule has 0 N–H and O–H groups in total. The molecule has 31 heavy (non-hydrogen) atoms. The average molecular weight is 422 g/mol. The molecule has 0 aromatic heterocycles. The molecule has 0 heterocycles. The molecule has 0 spiro atoms. The van der Waals surface area contributed by atoms with E-state index in [0.29, 0.717) is 18.0 Å². The summed E-state index contributed by atoms with van der Waals surface area (Å²) in [5.41, 5.74) is 2.48.